The van der Waals surface area contributed by atoms with Crippen LogP contribution in [0.3, 0.4) is 0 Å². The fourth-order valence-corrected chi connectivity index (χ4v) is 5.15. The van der Waals surface area contributed by atoms with E-state index in [-0.39, 0.29) is 0 Å². The number of thiophene rings is 1. The zero-order chi connectivity index (χ0) is 14.6. The summed E-state index contributed by atoms with van der Waals surface area (Å²) in [5, 5.41) is 4.75. The molecule has 2 atom stereocenters. The quantitative estimate of drug-likeness (QED) is 0.848. The van der Waals surface area contributed by atoms with Crippen molar-refractivity contribution in [2.24, 2.45) is 11.8 Å². The van der Waals surface area contributed by atoms with Crippen molar-refractivity contribution in [2.75, 3.05) is 13.6 Å². The van der Waals surface area contributed by atoms with Gasteiger partial charge in [-0.05, 0) is 31.4 Å². The largest absolute Gasteiger partial charge is 0.315 e. The van der Waals surface area contributed by atoms with Crippen LogP contribution in [-0.2, 0) is 16.6 Å². The number of nitrogens with one attached hydrogen (secondary N) is 2. The predicted octanol–water partition coefficient (Wildman–Crippen LogP) is 2.57. The lowest BCUT2D eigenvalue weighted by Gasteiger charge is -2.28. The molecule has 0 spiro atoms. The van der Waals surface area contributed by atoms with Gasteiger partial charge in [0.2, 0.25) is 10.0 Å². The minimum Gasteiger partial charge on any atom is -0.315 e. The van der Waals surface area contributed by atoms with Crippen molar-refractivity contribution in [3.63, 3.8) is 0 Å². The zero-order valence-corrected chi connectivity index (χ0v) is 13.8. The summed E-state index contributed by atoms with van der Waals surface area (Å²) in [7, 11) is -1.49. The average molecular weight is 316 g/mol. The van der Waals surface area contributed by atoms with Gasteiger partial charge in [-0.3, -0.25) is 0 Å². The number of hydrogen-bond donors (Lipinski definition) is 2. The molecule has 1 aromatic rings. The summed E-state index contributed by atoms with van der Waals surface area (Å²) >= 11 is 1.48. The molecule has 0 aliphatic heterocycles. The predicted molar refractivity (Wildman–Crippen MR) is 83.4 cm³/mol. The molecule has 0 amide bonds. The van der Waals surface area contributed by atoms with Gasteiger partial charge < -0.3 is 5.32 Å². The maximum atomic E-state index is 12.3. The van der Waals surface area contributed by atoms with Gasteiger partial charge in [0, 0.05) is 23.3 Å². The van der Waals surface area contributed by atoms with Crippen LogP contribution in [0.1, 0.15) is 37.5 Å². The molecule has 0 radical (unpaired) electrons. The van der Waals surface area contributed by atoms with Crippen LogP contribution < -0.4 is 10.0 Å². The van der Waals surface area contributed by atoms with Crippen LogP contribution in [0.25, 0.3) is 0 Å². The van der Waals surface area contributed by atoms with Gasteiger partial charge in [-0.2, -0.15) is 0 Å². The molecule has 2 N–H and O–H groups in total. The van der Waals surface area contributed by atoms with Gasteiger partial charge in [0.1, 0.15) is 0 Å². The first-order valence-corrected chi connectivity index (χ1v) is 9.61. The number of hydrogen-bond acceptors (Lipinski definition) is 4. The Balaban J connectivity index is 1.95. The van der Waals surface area contributed by atoms with Crippen LogP contribution in [-0.4, -0.2) is 22.0 Å². The summed E-state index contributed by atoms with van der Waals surface area (Å²) in [4.78, 5) is 1.44. The molecule has 20 heavy (non-hydrogen) atoms. The highest BCUT2D eigenvalue weighted by Crippen LogP contribution is 2.29. The van der Waals surface area contributed by atoms with Gasteiger partial charge >= 0.3 is 0 Å². The third kappa shape index (κ3) is 4.04. The molecule has 0 saturated heterocycles. The van der Waals surface area contributed by atoms with E-state index in [4.69, 9.17) is 0 Å². The molecule has 1 aliphatic rings. The third-order valence-electron chi connectivity index (χ3n) is 4.12. The van der Waals surface area contributed by atoms with Gasteiger partial charge in [0.15, 0.2) is 0 Å². The highest BCUT2D eigenvalue weighted by Gasteiger charge is 2.24. The Morgan fingerprint density at radius 2 is 2.10 bits per heavy atom. The molecule has 4 nitrogen and oxygen atoms in total. The molecule has 2 rings (SSSR count). The van der Waals surface area contributed by atoms with Gasteiger partial charge in [-0.15, -0.1) is 11.3 Å². The average Bonchev–Trinajstić information content (AvgIpc) is 2.88. The van der Waals surface area contributed by atoms with Gasteiger partial charge in [-0.25, -0.2) is 13.1 Å². The molecule has 0 aromatic carbocycles. The minimum absolute atomic E-state index is 0.399. The molecule has 1 aliphatic carbocycles. The standard InChI is InChI=1S/C14H24N2O2S2/c1-11-5-3-4-6-12(11)8-16-20(17,18)14-7-13(9-15-2)19-10-14/h7,10-12,15-16H,3-6,8-9H2,1-2H3. The van der Waals surface area contributed by atoms with E-state index in [9.17, 15) is 8.42 Å². The normalized spacial score (nSPS) is 23.9. The second kappa shape index (κ2) is 7.02. The zero-order valence-electron chi connectivity index (χ0n) is 12.2. The first-order valence-electron chi connectivity index (χ1n) is 7.24. The summed E-state index contributed by atoms with van der Waals surface area (Å²) in [6, 6.07) is 1.76. The highest BCUT2D eigenvalue weighted by atomic mass is 32.2. The Labute approximate surface area is 126 Å². The van der Waals surface area contributed by atoms with Crippen LogP contribution >= 0.6 is 11.3 Å². The monoisotopic (exact) mass is 316 g/mol. The maximum Gasteiger partial charge on any atom is 0.241 e. The van der Waals surface area contributed by atoms with Crippen LogP contribution in [0, 0.1) is 11.8 Å². The van der Waals surface area contributed by atoms with E-state index < -0.39 is 10.0 Å². The third-order valence-corrected chi connectivity index (χ3v) is 6.60. The van der Waals surface area contributed by atoms with Crippen LogP contribution in [0.5, 0.6) is 0 Å². The van der Waals surface area contributed by atoms with E-state index in [1.165, 1.54) is 30.6 Å². The SMILES string of the molecule is CNCc1cc(S(=O)(=O)NCC2CCCCC2C)cs1. The Bertz CT molecular complexity index is 525. The highest BCUT2D eigenvalue weighted by molar-refractivity contribution is 7.89. The van der Waals surface area contributed by atoms with Crippen molar-refractivity contribution in [1.29, 1.82) is 0 Å². The molecule has 1 fully saturated rings. The molecule has 6 heteroatoms. The summed E-state index contributed by atoms with van der Waals surface area (Å²) in [5.74, 6) is 1.10. The van der Waals surface area contributed by atoms with Crippen LogP contribution in [0.2, 0.25) is 0 Å². The molecular weight excluding hydrogens is 292 g/mol. The van der Waals surface area contributed by atoms with Crippen LogP contribution in [0.15, 0.2) is 16.3 Å². The lowest BCUT2D eigenvalue weighted by molar-refractivity contribution is 0.257. The summed E-state index contributed by atoms with van der Waals surface area (Å²) < 4.78 is 27.3. The van der Waals surface area contributed by atoms with Gasteiger partial charge in [0.05, 0.1) is 4.90 Å². The fraction of sp³-hybridized carbons (Fsp3) is 0.714. The van der Waals surface area contributed by atoms with Crippen molar-refractivity contribution >= 4 is 21.4 Å². The minimum atomic E-state index is -3.35. The van der Waals surface area contributed by atoms with Crippen molar-refractivity contribution in [2.45, 2.75) is 44.0 Å². The van der Waals surface area contributed by atoms with Crippen molar-refractivity contribution in [1.82, 2.24) is 10.0 Å². The second-order valence-corrected chi connectivity index (χ2v) is 8.42. The molecule has 2 unspecified atom stereocenters. The van der Waals surface area contributed by atoms with Crippen LogP contribution in [0.4, 0.5) is 0 Å². The maximum absolute atomic E-state index is 12.3. The Morgan fingerprint density at radius 1 is 1.35 bits per heavy atom. The van der Waals surface area contributed by atoms with E-state index in [1.54, 1.807) is 11.4 Å². The van der Waals surface area contributed by atoms with Crippen molar-refractivity contribution in [3.05, 3.63) is 16.3 Å². The van der Waals surface area contributed by atoms with E-state index in [0.29, 0.717) is 29.8 Å². The number of rotatable bonds is 6. The molecule has 1 saturated carbocycles. The van der Waals surface area contributed by atoms with Gasteiger partial charge in [-0.1, -0.05) is 26.2 Å². The topological polar surface area (TPSA) is 58.2 Å². The molecule has 0 bridgehead atoms. The Hall–Kier alpha value is -0.430. The number of sulfonamides is 1. The summed E-state index contributed by atoms with van der Waals surface area (Å²) in [6.45, 7) is 3.51. The van der Waals surface area contributed by atoms with E-state index in [2.05, 4.69) is 17.0 Å². The summed E-state index contributed by atoms with van der Waals surface area (Å²) in [5.41, 5.74) is 0. The van der Waals surface area contributed by atoms with Gasteiger partial charge in [0.25, 0.3) is 0 Å². The van der Waals surface area contributed by atoms with E-state index in [1.807, 2.05) is 7.05 Å². The van der Waals surface area contributed by atoms with Crippen molar-refractivity contribution in [3.8, 4) is 0 Å². The molecule has 1 heterocycles. The van der Waals surface area contributed by atoms with E-state index in [0.717, 1.165) is 11.3 Å². The Kier molecular flexibility index (Phi) is 5.60. The first kappa shape index (κ1) is 15.9. The second-order valence-electron chi connectivity index (χ2n) is 5.65. The molecule has 1 aromatic heterocycles. The van der Waals surface area contributed by atoms with Crippen molar-refractivity contribution < 1.29 is 8.42 Å². The van der Waals surface area contributed by atoms with E-state index >= 15 is 0 Å². The smallest absolute Gasteiger partial charge is 0.241 e. The lowest BCUT2D eigenvalue weighted by atomic mass is 9.81. The lowest BCUT2D eigenvalue weighted by Crippen LogP contribution is -2.33. The fourth-order valence-electron chi connectivity index (χ4n) is 2.76. The first-order chi connectivity index (χ1) is 9.53. The summed E-state index contributed by atoms with van der Waals surface area (Å²) in [6.07, 6.45) is 4.86. The Morgan fingerprint density at radius 3 is 2.80 bits per heavy atom. The molecule has 114 valence electrons. The molecular formula is C14H24N2O2S2.